The molecule has 29 heavy (non-hydrogen) atoms. The summed E-state index contributed by atoms with van der Waals surface area (Å²) in [6.07, 6.45) is 1.35. The zero-order valence-corrected chi connectivity index (χ0v) is 16.2. The maximum atomic E-state index is 12.2. The van der Waals surface area contributed by atoms with Gasteiger partial charge in [0.25, 0.3) is 11.6 Å². The molecule has 0 aliphatic carbocycles. The van der Waals surface area contributed by atoms with Gasteiger partial charge in [-0.25, -0.2) is 5.43 Å². The summed E-state index contributed by atoms with van der Waals surface area (Å²) in [6, 6.07) is 12.6. The molecule has 0 saturated heterocycles. The molecule has 1 aliphatic rings. The van der Waals surface area contributed by atoms with E-state index in [-0.39, 0.29) is 12.5 Å². The molecule has 4 rings (SSSR count). The van der Waals surface area contributed by atoms with Gasteiger partial charge in [0.05, 0.1) is 11.1 Å². The molecular weight excluding hydrogens is 446 g/mol. The number of nitro groups is 1. The fourth-order valence-corrected chi connectivity index (χ4v) is 3.20. The largest absolute Gasteiger partial charge is 0.455 e. The van der Waals surface area contributed by atoms with Gasteiger partial charge in [-0.15, -0.1) is 0 Å². The second kappa shape index (κ2) is 7.76. The van der Waals surface area contributed by atoms with Crippen LogP contribution in [0, 0.1) is 10.1 Å². The Bertz CT molecular complexity index is 1140. The van der Waals surface area contributed by atoms with E-state index in [0.717, 1.165) is 0 Å². The van der Waals surface area contributed by atoms with Crippen molar-refractivity contribution in [2.24, 2.45) is 5.10 Å². The Balaban J connectivity index is 1.43. The molecule has 1 N–H and O–H groups in total. The molecule has 0 bridgehead atoms. The summed E-state index contributed by atoms with van der Waals surface area (Å²) in [5, 5.41) is 14.7. The Morgan fingerprint density at radius 1 is 1.14 bits per heavy atom. The highest BCUT2D eigenvalue weighted by atomic mass is 79.9. The van der Waals surface area contributed by atoms with Crippen molar-refractivity contribution < 1.29 is 23.6 Å². The normalized spacial score (nSPS) is 12.3. The van der Waals surface area contributed by atoms with Crippen molar-refractivity contribution in [2.45, 2.75) is 0 Å². The number of hydrogen-bond acceptors (Lipinski definition) is 7. The van der Waals surface area contributed by atoms with Crippen LogP contribution >= 0.6 is 15.9 Å². The predicted molar refractivity (Wildman–Crippen MR) is 106 cm³/mol. The van der Waals surface area contributed by atoms with Crippen molar-refractivity contribution in [2.75, 3.05) is 6.79 Å². The molecule has 0 saturated carbocycles. The number of carbonyl (C=O) groups is 1. The fraction of sp³-hybridized carbons (Fsp3) is 0.0526. The monoisotopic (exact) mass is 457 g/mol. The highest BCUT2D eigenvalue weighted by Gasteiger charge is 2.16. The summed E-state index contributed by atoms with van der Waals surface area (Å²) in [5.41, 5.74) is 3.41. The summed E-state index contributed by atoms with van der Waals surface area (Å²) in [7, 11) is 0. The molecule has 0 fully saturated rings. The molecule has 1 amide bonds. The average Bonchev–Trinajstić information content (AvgIpc) is 3.36. The van der Waals surface area contributed by atoms with Gasteiger partial charge in [0.15, 0.2) is 11.5 Å². The number of benzene rings is 2. The molecule has 0 atom stereocenters. The molecule has 0 spiro atoms. The minimum absolute atomic E-state index is 0.0276. The summed E-state index contributed by atoms with van der Waals surface area (Å²) < 4.78 is 16.6. The van der Waals surface area contributed by atoms with E-state index >= 15 is 0 Å². The Labute approximate surface area is 172 Å². The van der Waals surface area contributed by atoms with Crippen LogP contribution in [0.15, 0.2) is 62.5 Å². The summed E-state index contributed by atoms with van der Waals surface area (Å²) in [6.45, 7) is 0.129. The lowest BCUT2D eigenvalue weighted by Gasteiger charge is -2.01. The second-order valence-corrected chi connectivity index (χ2v) is 6.74. The fourth-order valence-electron chi connectivity index (χ4n) is 2.64. The first kappa shape index (κ1) is 18.7. The van der Waals surface area contributed by atoms with E-state index in [1.54, 1.807) is 36.4 Å². The molecule has 146 valence electrons. The van der Waals surface area contributed by atoms with Crippen LogP contribution in [0.3, 0.4) is 0 Å². The van der Waals surface area contributed by atoms with Gasteiger partial charge in [0.2, 0.25) is 6.79 Å². The van der Waals surface area contributed by atoms with Gasteiger partial charge in [0.1, 0.15) is 11.5 Å². The summed E-state index contributed by atoms with van der Waals surface area (Å²) in [5.74, 6) is 1.58. The van der Waals surface area contributed by atoms with Crippen LogP contribution in [0.1, 0.15) is 16.1 Å². The highest BCUT2D eigenvalue weighted by molar-refractivity contribution is 9.10. The first-order valence-corrected chi connectivity index (χ1v) is 9.08. The number of nitrogens with zero attached hydrogens (tertiary/aromatic N) is 2. The van der Waals surface area contributed by atoms with Gasteiger partial charge >= 0.3 is 0 Å². The van der Waals surface area contributed by atoms with Crippen molar-refractivity contribution >= 4 is 33.7 Å². The molecular formula is C19H12BrN3O6. The van der Waals surface area contributed by atoms with Crippen molar-refractivity contribution in [3.63, 3.8) is 0 Å². The standard InChI is InChI=1S/C19H12BrN3O6/c20-15-8-12(23(25)26)2-4-14(15)16-6-3-13(29-16)9-21-22-19(24)11-1-5-17-18(7-11)28-10-27-17/h1-9H,10H2,(H,22,24). The van der Waals surface area contributed by atoms with E-state index in [1.807, 2.05) is 0 Å². The number of fused-ring (bicyclic) bond motifs is 1. The molecule has 1 aromatic heterocycles. The Morgan fingerprint density at radius 3 is 2.76 bits per heavy atom. The minimum atomic E-state index is -0.475. The van der Waals surface area contributed by atoms with Gasteiger partial charge in [-0.2, -0.15) is 5.10 Å². The number of rotatable bonds is 5. The van der Waals surface area contributed by atoms with Crippen molar-refractivity contribution in [3.8, 4) is 22.8 Å². The molecule has 0 radical (unpaired) electrons. The number of nitro benzene ring substituents is 1. The van der Waals surface area contributed by atoms with E-state index < -0.39 is 10.8 Å². The maximum Gasteiger partial charge on any atom is 0.271 e. The van der Waals surface area contributed by atoms with Gasteiger partial charge in [-0.1, -0.05) is 0 Å². The number of ether oxygens (including phenoxy) is 2. The molecule has 2 heterocycles. The maximum absolute atomic E-state index is 12.2. The Morgan fingerprint density at radius 2 is 1.97 bits per heavy atom. The van der Waals surface area contributed by atoms with Crippen molar-refractivity contribution in [1.82, 2.24) is 5.43 Å². The van der Waals surface area contributed by atoms with Crippen molar-refractivity contribution in [1.29, 1.82) is 0 Å². The molecule has 2 aromatic carbocycles. The number of carbonyl (C=O) groups excluding carboxylic acids is 1. The second-order valence-electron chi connectivity index (χ2n) is 5.89. The minimum Gasteiger partial charge on any atom is -0.455 e. The smallest absolute Gasteiger partial charge is 0.271 e. The third kappa shape index (κ3) is 3.97. The third-order valence-electron chi connectivity index (χ3n) is 4.05. The molecule has 9 nitrogen and oxygen atoms in total. The van der Waals surface area contributed by atoms with Crippen LogP contribution in [0.4, 0.5) is 5.69 Å². The Kier molecular flexibility index (Phi) is 5.00. The summed E-state index contributed by atoms with van der Waals surface area (Å²) >= 11 is 3.31. The molecule has 0 unspecified atom stereocenters. The van der Waals surface area contributed by atoms with E-state index in [2.05, 4.69) is 26.5 Å². The number of amides is 1. The Hall–Kier alpha value is -3.66. The SMILES string of the molecule is O=C(NN=Cc1ccc(-c2ccc([N+](=O)[O-])cc2Br)o1)c1ccc2c(c1)OCO2. The van der Waals surface area contributed by atoms with E-state index in [9.17, 15) is 14.9 Å². The predicted octanol–water partition coefficient (Wildman–Crippen LogP) is 4.11. The van der Waals surface area contributed by atoms with Crippen LogP contribution in [0.2, 0.25) is 0 Å². The first-order chi connectivity index (χ1) is 14.0. The lowest BCUT2D eigenvalue weighted by atomic mass is 10.1. The van der Waals surface area contributed by atoms with E-state index in [0.29, 0.717) is 38.6 Å². The lowest BCUT2D eigenvalue weighted by molar-refractivity contribution is -0.384. The number of hydrazone groups is 1. The van der Waals surface area contributed by atoms with E-state index in [4.69, 9.17) is 13.9 Å². The first-order valence-electron chi connectivity index (χ1n) is 8.28. The van der Waals surface area contributed by atoms with Gasteiger partial charge in [0, 0.05) is 27.7 Å². The van der Waals surface area contributed by atoms with Crippen LogP contribution in [0.5, 0.6) is 11.5 Å². The number of hydrogen-bond donors (Lipinski definition) is 1. The van der Waals surface area contributed by atoms with Crippen LogP contribution in [-0.4, -0.2) is 23.8 Å². The molecule has 10 heteroatoms. The average molecular weight is 458 g/mol. The zero-order valence-electron chi connectivity index (χ0n) is 14.6. The third-order valence-corrected chi connectivity index (χ3v) is 4.70. The quantitative estimate of drug-likeness (QED) is 0.350. The highest BCUT2D eigenvalue weighted by Crippen LogP contribution is 2.33. The van der Waals surface area contributed by atoms with Gasteiger partial charge < -0.3 is 13.9 Å². The molecule has 3 aromatic rings. The lowest BCUT2D eigenvalue weighted by Crippen LogP contribution is -2.17. The summed E-state index contributed by atoms with van der Waals surface area (Å²) in [4.78, 5) is 22.5. The van der Waals surface area contributed by atoms with Gasteiger partial charge in [-0.3, -0.25) is 14.9 Å². The zero-order chi connectivity index (χ0) is 20.4. The van der Waals surface area contributed by atoms with Crippen LogP contribution in [0.25, 0.3) is 11.3 Å². The topological polar surface area (TPSA) is 116 Å². The number of nitrogens with one attached hydrogen (secondary N) is 1. The van der Waals surface area contributed by atoms with Crippen LogP contribution in [-0.2, 0) is 0 Å². The van der Waals surface area contributed by atoms with Gasteiger partial charge in [-0.05, 0) is 52.3 Å². The number of furan rings is 1. The van der Waals surface area contributed by atoms with E-state index in [1.165, 1.54) is 18.3 Å². The number of non-ortho nitro benzene ring substituents is 1. The number of halogens is 1. The van der Waals surface area contributed by atoms with Crippen molar-refractivity contribution in [3.05, 3.63) is 74.4 Å². The molecule has 1 aliphatic heterocycles. The van der Waals surface area contributed by atoms with Crippen LogP contribution < -0.4 is 14.9 Å².